The normalized spacial score (nSPS) is 28.5. The van der Waals surface area contributed by atoms with Crippen molar-refractivity contribution in [3.05, 3.63) is 29.8 Å². The first-order chi connectivity index (χ1) is 13.5. The molecule has 0 spiro atoms. The average Bonchev–Trinajstić information content (AvgIpc) is 3.32. The van der Waals surface area contributed by atoms with E-state index in [1.807, 2.05) is 19.1 Å². The first-order valence-electron chi connectivity index (χ1n) is 11.2. The van der Waals surface area contributed by atoms with Crippen LogP contribution in [-0.4, -0.2) is 42.2 Å². The van der Waals surface area contributed by atoms with Crippen molar-refractivity contribution >= 4 is 5.97 Å². The number of carbonyl (C=O) groups is 1. The Morgan fingerprint density at radius 3 is 2.50 bits per heavy atom. The maximum Gasteiger partial charge on any atom is 0.349 e. The highest BCUT2D eigenvalue weighted by molar-refractivity contribution is 5.79. The summed E-state index contributed by atoms with van der Waals surface area (Å²) in [7, 11) is 0. The minimum Gasteiger partial charge on any atom is -0.476 e. The molecule has 3 fully saturated rings. The molecule has 2 bridgehead atoms. The molecule has 2 saturated carbocycles. The standard InChI is InChI=1S/C24H35NO3/c1-4-27-23(26)24(2,3)28-22-8-6-5-7-20(22)18-11-13-25(14-12-18)21-16-17-9-10-19(21)15-17/h5-8,17-19,21H,4,9-16H2,1-3H3/t17-,19?,21+/m1/s1. The SMILES string of the molecule is CCOC(=O)C(C)(C)Oc1ccccc1C1CCN([C@H]2C[C@@H]3CCC2C3)CC1. The van der Waals surface area contributed by atoms with E-state index in [9.17, 15) is 4.79 Å². The van der Waals surface area contributed by atoms with E-state index in [-0.39, 0.29) is 5.97 Å². The Morgan fingerprint density at radius 1 is 1.11 bits per heavy atom. The van der Waals surface area contributed by atoms with Crippen molar-refractivity contribution in [3.63, 3.8) is 0 Å². The molecule has 1 aromatic carbocycles. The number of nitrogens with zero attached hydrogens (tertiary/aromatic N) is 1. The van der Waals surface area contributed by atoms with Gasteiger partial charge in [0.2, 0.25) is 0 Å². The summed E-state index contributed by atoms with van der Waals surface area (Å²) in [5.41, 5.74) is 0.267. The van der Waals surface area contributed by atoms with Gasteiger partial charge in [0.25, 0.3) is 0 Å². The summed E-state index contributed by atoms with van der Waals surface area (Å²) in [5, 5.41) is 0. The number of rotatable bonds is 6. The highest BCUT2D eigenvalue weighted by Crippen LogP contribution is 2.48. The van der Waals surface area contributed by atoms with Gasteiger partial charge in [-0.3, -0.25) is 0 Å². The molecule has 0 N–H and O–H groups in total. The second-order valence-electron chi connectivity index (χ2n) is 9.42. The molecule has 1 aromatic rings. The maximum absolute atomic E-state index is 12.3. The van der Waals surface area contributed by atoms with Crippen LogP contribution in [0.1, 0.15) is 70.8 Å². The van der Waals surface area contributed by atoms with Gasteiger partial charge < -0.3 is 14.4 Å². The lowest BCUT2D eigenvalue weighted by atomic mass is 9.86. The minimum atomic E-state index is -0.976. The zero-order chi connectivity index (χ0) is 19.7. The molecular weight excluding hydrogens is 350 g/mol. The molecule has 2 aliphatic carbocycles. The molecular formula is C24H35NO3. The molecule has 154 valence electrons. The molecule has 3 aliphatic rings. The van der Waals surface area contributed by atoms with E-state index in [0.717, 1.165) is 23.6 Å². The molecule has 1 unspecified atom stereocenters. The Hall–Kier alpha value is -1.55. The highest BCUT2D eigenvalue weighted by Gasteiger charge is 2.43. The van der Waals surface area contributed by atoms with Crippen LogP contribution in [0.2, 0.25) is 0 Å². The van der Waals surface area contributed by atoms with Crippen LogP contribution in [-0.2, 0) is 9.53 Å². The molecule has 0 aromatic heterocycles. The van der Waals surface area contributed by atoms with Gasteiger partial charge in [-0.25, -0.2) is 4.79 Å². The number of para-hydroxylation sites is 1. The number of hydrogen-bond donors (Lipinski definition) is 0. The number of benzene rings is 1. The number of ether oxygens (including phenoxy) is 2. The van der Waals surface area contributed by atoms with Gasteiger partial charge in [0.05, 0.1) is 6.61 Å². The molecule has 1 heterocycles. The number of hydrogen-bond acceptors (Lipinski definition) is 4. The van der Waals surface area contributed by atoms with Gasteiger partial charge >= 0.3 is 5.97 Å². The van der Waals surface area contributed by atoms with Crippen LogP contribution in [0.5, 0.6) is 5.75 Å². The topological polar surface area (TPSA) is 38.8 Å². The minimum absolute atomic E-state index is 0.309. The number of esters is 1. The second-order valence-corrected chi connectivity index (χ2v) is 9.42. The fourth-order valence-corrected chi connectivity index (χ4v) is 5.73. The average molecular weight is 386 g/mol. The first kappa shape index (κ1) is 19.8. The predicted molar refractivity (Wildman–Crippen MR) is 111 cm³/mol. The fourth-order valence-electron chi connectivity index (χ4n) is 5.73. The van der Waals surface area contributed by atoms with Gasteiger partial charge in [-0.15, -0.1) is 0 Å². The summed E-state index contributed by atoms with van der Waals surface area (Å²) in [6.07, 6.45) is 8.18. The molecule has 4 nitrogen and oxygen atoms in total. The lowest BCUT2D eigenvalue weighted by Crippen LogP contribution is -2.43. The van der Waals surface area contributed by atoms with Gasteiger partial charge in [-0.1, -0.05) is 24.6 Å². The van der Waals surface area contributed by atoms with Gasteiger partial charge in [0.15, 0.2) is 5.60 Å². The summed E-state index contributed by atoms with van der Waals surface area (Å²) in [6.45, 7) is 8.15. The van der Waals surface area contributed by atoms with Crippen molar-refractivity contribution in [3.8, 4) is 5.75 Å². The van der Waals surface area contributed by atoms with Crippen LogP contribution in [0.3, 0.4) is 0 Å². The third-order valence-electron chi connectivity index (χ3n) is 7.19. The molecule has 3 atom stereocenters. The summed E-state index contributed by atoms with van der Waals surface area (Å²) >= 11 is 0. The van der Waals surface area contributed by atoms with Gasteiger partial charge in [0.1, 0.15) is 5.75 Å². The third kappa shape index (κ3) is 3.94. The Bertz CT molecular complexity index is 693. The Balaban J connectivity index is 1.41. The zero-order valence-corrected chi connectivity index (χ0v) is 17.7. The van der Waals surface area contributed by atoms with Gasteiger partial charge in [0, 0.05) is 6.04 Å². The van der Waals surface area contributed by atoms with E-state index >= 15 is 0 Å². The smallest absolute Gasteiger partial charge is 0.349 e. The molecule has 1 aliphatic heterocycles. The Morgan fingerprint density at radius 2 is 1.86 bits per heavy atom. The number of likely N-dealkylation sites (tertiary alicyclic amines) is 1. The van der Waals surface area contributed by atoms with Crippen molar-refractivity contribution < 1.29 is 14.3 Å². The van der Waals surface area contributed by atoms with E-state index in [4.69, 9.17) is 9.47 Å². The number of piperidine rings is 1. The highest BCUT2D eigenvalue weighted by atomic mass is 16.6. The van der Waals surface area contributed by atoms with Crippen LogP contribution in [0.25, 0.3) is 0 Å². The third-order valence-corrected chi connectivity index (χ3v) is 7.19. The van der Waals surface area contributed by atoms with E-state index in [1.54, 1.807) is 13.8 Å². The summed E-state index contributed by atoms with van der Waals surface area (Å²) < 4.78 is 11.4. The number of fused-ring (bicyclic) bond motifs is 2. The molecule has 1 saturated heterocycles. The summed E-state index contributed by atoms with van der Waals surface area (Å²) in [4.78, 5) is 15.0. The predicted octanol–water partition coefficient (Wildman–Crippen LogP) is 4.78. The van der Waals surface area contributed by atoms with Crippen molar-refractivity contribution in [2.75, 3.05) is 19.7 Å². The second kappa shape index (κ2) is 8.06. The Kier molecular flexibility index (Phi) is 5.69. The molecule has 4 rings (SSSR count). The lowest BCUT2D eigenvalue weighted by Gasteiger charge is -2.40. The van der Waals surface area contributed by atoms with Crippen LogP contribution in [0.15, 0.2) is 24.3 Å². The van der Waals surface area contributed by atoms with Crippen LogP contribution < -0.4 is 4.74 Å². The molecule has 0 radical (unpaired) electrons. The van der Waals surface area contributed by atoms with Crippen molar-refractivity contribution in [2.24, 2.45) is 11.8 Å². The van der Waals surface area contributed by atoms with E-state index in [0.29, 0.717) is 12.5 Å². The van der Waals surface area contributed by atoms with E-state index in [2.05, 4.69) is 17.0 Å². The van der Waals surface area contributed by atoms with Crippen LogP contribution >= 0.6 is 0 Å². The monoisotopic (exact) mass is 385 g/mol. The van der Waals surface area contributed by atoms with Crippen molar-refractivity contribution in [1.29, 1.82) is 0 Å². The number of carbonyl (C=O) groups excluding carboxylic acids is 1. The summed E-state index contributed by atoms with van der Waals surface area (Å²) in [6, 6.07) is 9.09. The summed E-state index contributed by atoms with van der Waals surface area (Å²) in [5.74, 6) is 2.99. The molecule has 0 amide bonds. The molecule has 28 heavy (non-hydrogen) atoms. The van der Waals surface area contributed by atoms with Crippen molar-refractivity contribution in [1.82, 2.24) is 4.90 Å². The quantitative estimate of drug-likeness (QED) is 0.661. The molecule has 4 heteroatoms. The van der Waals surface area contributed by atoms with Crippen LogP contribution in [0, 0.1) is 11.8 Å². The zero-order valence-electron chi connectivity index (χ0n) is 17.7. The maximum atomic E-state index is 12.3. The Labute approximate surface area is 169 Å². The van der Waals surface area contributed by atoms with Gasteiger partial charge in [-0.2, -0.15) is 0 Å². The van der Waals surface area contributed by atoms with E-state index < -0.39 is 5.60 Å². The largest absolute Gasteiger partial charge is 0.476 e. The first-order valence-corrected chi connectivity index (χ1v) is 11.2. The van der Waals surface area contributed by atoms with E-state index in [1.165, 1.54) is 57.2 Å². The lowest BCUT2D eigenvalue weighted by molar-refractivity contribution is -0.158. The van der Waals surface area contributed by atoms with Crippen LogP contribution in [0.4, 0.5) is 0 Å². The fraction of sp³-hybridized carbons (Fsp3) is 0.708. The van der Waals surface area contributed by atoms with Gasteiger partial charge in [-0.05, 0) is 95.3 Å². The van der Waals surface area contributed by atoms with Crippen molar-refractivity contribution in [2.45, 2.75) is 76.9 Å².